The number of aromatic nitrogens is 1. The maximum atomic E-state index is 13.1. The van der Waals surface area contributed by atoms with Gasteiger partial charge in [0.1, 0.15) is 0 Å². The number of carbonyl (C=O) groups is 1. The minimum atomic E-state index is -3.53. The highest BCUT2D eigenvalue weighted by Gasteiger charge is 2.24. The first-order valence-corrected chi connectivity index (χ1v) is 12.7. The molecule has 0 atom stereocenters. The van der Waals surface area contributed by atoms with Crippen LogP contribution in [0.3, 0.4) is 0 Å². The number of hydrogen-bond acceptors (Lipinski definition) is 6. The van der Waals surface area contributed by atoms with Crippen LogP contribution < -0.4 is 4.90 Å². The Bertz CT molecular complexity index is 1150. The molecule has 3 rings (SSSR count). The third kappa shape index (κ3) is 6.07. The molecule has 9 heteroatoms. The number of likely N-dealkylation sites (N-methyl/N-ethyl adjacent to an activating group) is 1. The molecule has 0 aliphatic rings. The Morgan fingerprint density at radius 2 is 1.59 bits per heavy atom. The first-order chi connectivity index (χ1) is 14.6. The van der Waals surface area contributed by atoms with E-state index in [1.807, 2.05) is 45.8 Å². The molecular weight excluding hydrogens is 466 g/mol. The van der Waals surface area contributed by atoms with Crippen molar-refractivity contribution in [2.75, 3.05) is 37.8 Å². The van der Waals surface area contributed by atoms with Gasteiger partial charge in [-0.15, -0.1) is 12.4 Å². The van der Waals surface area contributed by atoms with Crippen molar-refractivity contribution in [3.63, 3.8) is 0 Å². The van der Waals surface area contributed by atoms with E-state index in [-0.39, 0.29) is 35.4 Å². The van der Waals surface area contributed by atoms with Crippen LogP contribution in [0.15, 0.2) is 41.3 Å². The monoisotopic (exact) mass is 495 g/mol. The number of hydrogen-bond donors (Lipinski definition) is 0. The number of rotatable bonds is 8. The first-order valence-electron chi connectivity index (χ1n) is 10.2. The van der Waals surface area contributed by atoms with E-state index in [4.69, 9.17) is 4.98 Å². The van der Waals surface area contributed by atoms with Crippen LogP contribution in [0.25, 0.3) is 10.2 Å². The molecule has 0 saturated carbocycles. The number of nitrogens with zero attached hydrogens (tertiary/aromatic N) is 3. The second-order valence-electron chi connectivity index (χ2n) is 8.10. The van der Waals surface area contributed by atoms with Crippen molar-refractivity contribution < 1.29 is 13.2 Å². The maximum Gasteiger partial charge on any atom is 0.229 e. The fourth-order valence-electron chi connectivity index (χ4n) is 3.21. The van der Waals surface area contributed by atoms with E-state index in [2.05, 4.69) is 6.07 Å². The van der Waals surface area contributed by atoms with E-state index in [0.29, 0.717) is 18.2 Å². The van der Waals surface area contributed by atoms with Gasteiger partial charge in [0.2, 0.25) is 5.91 Å². The number of carbonyl (C=O) groups excluding carboxylic acids is 1. The van der Waals surface area contributed by atoms with Gasteiger partial charge in [-0.25, -0.2) is 13.4 Å². The molecule has 0 N–H and O–H groups in total. The minimum absolute atomic E-state index is 0. The molecule has 2 aromatic carbocycles. The van der Waals surface area contributed by atoms with E-state index >= 15 is 0 Å². The molecule has 6 nitrogen and oxygen atoms in total. The Kier molecular flexibility index (Phi) is 8.82. The standard InChI is InChI=1S/C23H29N3O3S2.ClH/c1-16-6-10-19(11-7-16)31(28,29)15-12-20(27)26(14-13-25(4)5)23-24-21-17(2)8-9-18(3)22(21)30-23;/h6-11H,12-15H2,1-5H3;1H. The number of amides is 1. The molecule has 1 heterocycles. The lowest BCUT2D eigenvalue weighted by molar-refractivity contribution is -0.118. The second-order valence-corrected chi connectivity index (χ2v) is 11.2. The number of benzene rings is 2. The van der Waals surface area contributed by atoms with Crippen molar-refractivity contribution in [1.82, 2.24) is 9.88 Å². The van der Waals surface area contributed by atoms with Crippen LogP contribution in [-0.4, -0.2) is 57.1 Å². The van der Waals surface area contributed by atoms with E-state index in [9.17, 15) is 13.2 Å². The van der Waals surface area contributed by atoms with E-state index in [1.54, 1.807) is 29.2 Å². The van der Waals surface area contributed by atoms with Crippen LogP contribution in [0.4, 0.5) is 5.13 Å². The van der Waals surface area contributed by atoms with Crippen molar-refractivity contribution in [2.45, 2.75) is 32.1 Å². The highest BCUT2D eigenvalue weighted by molar-refractivity contribution is 7.91. The highest BCUT2D eigenvalue weighted by Crippen LogP contribution is 2.33. The summed E-state index contributed by atoms with van der Waals surface area (Å²) < 4.78 is 26.5. The smallest absolute Gasteiger partial charge is 0.229 e. The van der Waals surface area contributed by atoms with Crippen molar-refractivity contribution in [3.8, 4) is 0 Å². The minimum Gasteiger partial charge on any atom is -0.308 e. The molecule has 0 unspecified atom stereocenters. The first kappa shape index (κ1) is 26.3. The summed E-state index contributed by atoms with van der Waals surface area (Å²) in [5.41, 5.74) is 4.07. The zero-order chi connectivity index (χ0) is 22.8. The SMILES string of the molecule is Cc1ccc(S(=O)(=O)CCC(=O)N(CCN(C)C)c2nc3c(C)ccc(C)c3s2)cc1.Cl. The Hall–Kier alpha value is -2.00. The van der Waals surface area contributed by atoms with E-state index in [1.165, 1.54) is 11.3 Å². The van der Waals surface area contributed by atoms with Gasteiger partial charge in [0.05, 0.1) is 20.9 Å². The topological polar surface area (TPSA) is 70.6 Å². The van der Waals surface area contributed by atoms with Gasteiger partial charge >= 0.3 is 0 Å². The number of halogens is 1. The summed E-state index contributed by atoms with van der Waals surface area (Å²) in [6.45, 7) is 7.05. The summed E-state index contributed by atoms with van der Waals surface area (Å²) in [5, 5.41) is 0.618. The molecule has 0 radical (unpaired) electrons. The molecule has 0 fully saturated rings. The predicted molar refractivity (Wildman–Crippen MR) is 135 cm³/mol. The summed E-state index contributed by atoms with van der Waals surface area (Å²) in [5.74, 6) is -0.456. The Morgan fingerprint density at radius 3 is 2.19 bits per heavy atom. The van der Waals surface area contributed by atoms with Gasteiger partial charge in [0.15, 0.2) is 15.0 Å². The predicted octanol–water partition coefficient (Wildman–Crippen LogP) is 4.40. The van der Waals surface area contributed by atoms with Crippen LogP contribution in [0.2, 0.25) is 0 Å². The average molecular weight is 496 g/mol. The summed E-state index contributed by atoms with van der Waals surface area (Å²) in [6.07, 6.45) is -0.0858. The van der Waals surface area contributed by atoms with Crippen LogP contribution in [-0.2, 0) is 14.6 Å². The highest BCUT2D eigenvalue weighted by atomic mass is 35.5. The summed E-state index contributed by atoms with van der Waals surface area (Å²) in [6, 6.07) is 10.8. The third-order valence-electron chi connectivity index (χ3n) is 5.20. The lowest BCUT2D eigenvalue weighted by Crippen LogP contribution is -2.37. The number of fused-ring (bicyclic) bond motifs is 1. The lowest BCUT2D eigenvalue weighted by atomic mass is 10.1. The Morgan fingerprint density at radius 1 is 0.969 bits per heavy atom. The Labute approximate surface area is 200 Å². The molecule has 0 spiro atoms. The van der Waals surface area contributed by atoms with Crippen LogP contribution in [0, 0.1) is 20.8 Å². The molecule has 0 saturated heterocycles. The average Bonchev–Trinajstić information content (AvgIpc) is 3.16. The fourth-order valence-corrected chi connectivity index (χ4v) is 5.60. The zero-order valence-electron chi connectivity index (χ0n) is 19.1. The van der Waals surface area contributed by atoms with Crippen LogP contribution in [0.1, 0.15) is 23.1 Å². The molecule has 1 amide bonds. The van der Waals surface area contributed by atoms with Crippen LogP contribution in [0.5, 0.6) is 0 Å². The van der Waals surface area contributed by atoms with Crippen LogP contribution >= 0.6 is 23.7 Å². The normalized spacial score (nSPS) is 11.6. The van der Waals surface area contributed by atoms with Crippen molar-refractivity contribution in [2.24, 2.45) is 0 Å². The van der Waals surface area contributed by atoms with E-state index < -0.39 is 9.84 Å². The van der Waals surface area contributed by atoms with Gasteiger partial charge in [0.25, 0.3) is 0 Å². The van der Waals surface area contributed by atoms with Crippen molar-refractivity contribution in [1.29, 1.82) is 0 Å². The largest absolute Gasteiger partial charge is 0.308 e. The number of anilines is 1. The van der Waals surface area contributed by atoms with Gasteiger partial charge in [0, 0.05) is 19.5 Å². The number of thiazole rings is 1. The fraction of sp³-hybridized carbons (Fsp3) is 0.391. The third-order valence-corrected chi connectivity index (χ3v) is 8.14. The van der Waals surface area contributed by atoms with Gasteiger partial charge in [-0.3, -0.25) is 9.69 Å². The molecular formula is C23H30ClN3O3S2. The zero-order valence-corrected chi connectivity index (χ0v) is 21.5. The summed E-state index contributed by atoms with van der Waals surface area (Å²) in [7, 11) is 0.351. The molecule has 0 aliphatic carbocycles. The summed E-state index contributed by atoms with van der Waals surface area (Å²) >= 11 is 1.48. The quantitative estimate of drug-likeness (QED) is 0.463. The molecule has 1 aromatic heterocycles. The molecule has 32 heavy (non-hydrogen) atoms. The van der Waals surface area contributed by atoms with Crippen molar-refractivity contribution >= 4 is 54.8 Å². The van der Waals surface area contributed by atoms with Gasteiger partial charge < -0.3 is 4.90 Å². The Balaban J connectivity index is 0.00000363. The maximum absolute atomic E-state index is 13.1. The molecule has 0 aliphatic heterocycles. The lowest BCUT2D eigenvalue weighted by Gasteiger charge is -2.22. The molecule has 0 bridgehead atoms. The van der Waals surface area contributed by atoms with E-state index in [0.717, 1.165) is 26.9 Å². The number of sulfone groups is 1. The molecule has 3 aromatic rings. The second kappa shape index (κ2) is 10.7. The van der Waals surface area contributed by atoms with Crippen molar-refractivity contribution in [3.05, 3.63) is 53.1 Å². The number of aryl methyl sites for hydroxylation is 3. The van der Waals surface area contributed by atoms with Gasteiger partial charge in [-0.1, -0.05) is 41.2 Å². The van der Waals surface area contributed by atoms with Gasteiger partial charge in [-0.2, -0.15) is 0 Å². The van der Waals surface area contributed by atoms with Gasteiger partial charge in [-0.05, 0) is 58.1 Å². The summed E-state index contributed by atoms with van der Waals surface area (Å²) in [4.78, 5) is 21.8. The molecule has 174 valence electrons.